The van der Waals surface area contributed by atoms with Crippen LogP contribution in [0.2, 0.25) is 0 Å². The maximum absolute atomic E-state index is 12.6. The van der Waals surface area contributed by atoms with E-state index >= 15 is 0 Å². The van der Waals surface area contributed by atoms with Crippen LogP contribution in [0.4, 0.5) is 0 Å². The molecule has 1 fully saturated rings. The number of aromatic amines is 1. The minimum atomic E-state index is -3.72. The number of ether oxygens (including phenoxy) is 2. The number of nitrogens with one attached hydrogen (secondary N) is 1. The number of hydrogen-bond donors (Lipinski definition) is 1. The first kappa shape index (κ1) is 20.1. The zero-order chi connectivity index (χ0) is 20.1. The van der Waals surface area contributed by atoms with Crippen molar-refractivity contribution in [3.8, 4) is 0 Å². The molecule has 0 bridgehead atoms. The van der Waals surface area contributed by atoms with Crippen LogP contribution >= 0.6 is 0 Å². The number of carbonyl (C=O) groups is 2. The largest absolute Gasteiger partial charge is 0.467 e. The molecule has 3 heterocycles. The van der Waals surface area contributed by atoms with Crippen LogP contribution in [0.5, 0.6) is 0 Å². The second-order valence-electron chi connectivity index (χ2n) is 6.17. The summed E-state index contributed by atoms with van der Waals surface area (Å²) in [6, 6.07) is 4.64. The van der Waals surface area contributed by atoms with Crippen LogP contribution < -0.4 is 0 Å². The second kappa shape index (κ2) is 8.59. The molecule has 0 atom stereocenters. The lowest BCUT2D eigenvalue weighted by molar-refractivity contribution is -0.134. The van der Waals surface area contributed by atoms with E-state index in [1.807, 2.05) is 0 Å². The van der Waals surface area contributed by atoms with Crippen LogP contribution in [0.3, 0.4) is 0 Å². The molecule has 0 unspecified atom stereocenters. The van der Waals surface area contributed by atoms with Crippen molar-refractivity contribution in [3.05, 3.63) is 42.1 Å². The van der Waals surface area contributed by atoms with Gasteiger partial charge in [-0.15, -0.1) is 0 Å². The number of nitrogens with zero attached hydrogens (tertiary/aromatic N) is 2. The number of carbonyl (C=O) groups excluding carboxylic acids is 2. The fraction of sp³-hybridized carbons (Fsp3) is 0.412. The van der Waals surface area contributed by atoms with Crippen molar-refractivity contribution >= 4 is 21.9 Å². The highest BCUT2D eigenvalue weighted by Crippen LogP contribution is 2.18. The zero-order valence-electron chi connectivity index (χ0n) is 15.3. The Morgan fingerprint density at radius 3 is 2.75 bits per heavy atom. The van der Waals surface area contributed by atoms with Gasteiger partial charge in [0.05, 0.1) is 26.0 Å². The molecule has 0 spiro atoms. The molecule has 2 aromatic heterocycles. The van der Waals surface area contributed by atoms with E-state index in [9.17, 15) is 18.0 Å². The van der Waals surface area contributed by atoms with E-state index in [0.717, 1.165) is 0 Å². The second-order valence-corrected chi connectivity index (χ2v) is 8.11. The van der Waals surface area contributed by atoms with Gasteiger partial charge < -0.3 is 23.8 Å². The SMILES string of the molecule is CN(Cc1ccco1)C(=O)COC(=O)c1cc(S(=O)(=O)N2CCOCC2)c[nH]1. The standard InChI is InChI=1S/C17H21N3O7S/c1-19(11-13-3-2-6-26-13)16(21)12-27-17(22)15-9-14(10-18-15)28(23,24)20-4-7-25-8-5-20/h2-3,6,9-10,18H,4-5,7-8,11-12H2,1H3. The third-order valence-corrected chi connectivity index (χ3v) is 6.09. The molecule has 11 heteroatoms. The smallest absolute Gasteiger partial charge is 0.355 e. The van der Waals surface area contributed by atoms with Crippen LogP contribution in [-0.2, 0) is 30.8 Å². The van der Waals surface area contributed by atoms with Gasteiger partial charge in [0.15, 0.2) is 6.61 Å². The Kier molecular flexibility index (Phi) is 6.17. The first-order valence-electron chi connectivity index (χ1n) is 8.57. The summed E-state index contributed by atoms with van der Waals surface area (Å²) < 4.78 is 41.7. The number of amides is 1. The highest BCUT2D eigenvalue weighted by Gasteiger charge is 2.28. The average molecular weight is 411 g/mol. The number of rotatable bonds is 7. The van der Waals surface area contributed by atoms with Gasteiger partial charge in [0.25, 0.3) is 5.91 Å². The molecular weight excluding hydrogens is 390 g/mol. The first-order chi connectivity index (χ1) is 13.4. The van der Waals surface area contributed by atoms with Crippen LogP contribution in [0.25, 0.3) is 0 Å². The summed E-state index contributed by atoms with van der Waals surface area (Å²) in [7, 11) is -2.16. The Bertz CT molecular complexity index is 914. The summed E-state index contributed by atoms with van der Waals surface area (Å²) in [5.41, 5.74) is -0.0478. The summed E-state index contributed by atoms with van der Waals surface area (Å²) >= 11 is 0. The van der Waals surface area contributed by atoms with Crippen molar-refractivity contribution in [3.63, 3.8) is 0 Å². The van der Waals surface area contributed by atoms with Crippen LogP contribution in [-0.4, -0.2) is 74.4 Å². The van der Waals surface area contributed by atoms with E-state index in [1.165, 1.54) is 27.7 Å². The van der Waals surface area contributed by atoms with Crippen LogP contribution in [0.15, 0.2) is 40.0 Å². The number of aromatic nitrogens is 1. The minimum absolute atomic E-state index is 0.0392. The van der Waals surface area contributed by atoms with Crippen molar-refractivity contribution in [2.75, 3.05) is 40.0 Å². The molecule has 2 aromatic rings. The van der Waals surface area contributed by atoms with Gasteiger partial charge in [-0.2, -0.15) is 4.31 Å². The van der Waals surface area contributed by atoms with Gasteiger partial charge in [-0.3, -0.25) is 4.79 Å². The number of H-pyrrole nitrogens is 1. The first-order valence-corrected chi connectivity index (χ1v) is 10.0. The van der Waals surface area contributed by atoms with Crippen molar-refractivity contribution < 1.29 is 31.9 Å². The van der Waals surface area contributed by atoms with Gasteiger partial charge in [0.2, 0.25) is 10.0 Å². The van der Waals surface area contributed by atoms with Crippen LogP contribution in [0.1, 0.15) is 16.2 Å². The van der Waals surface area contributed by atoms with Crippen LogP contribution in [0, 0.1) is 0 Å². The normalized spacial score (nSPS) is 15.3. The predicted molar refractivity (Wildman–Crippen MR) is 95.8 cm³/mol. The monoisotopic (exact) mass is 411 g/mol. The summed E-state index contributed by atoms with van der Waals surface area (Å²) in [5, 5.41) is 0. The van der Waals surface area contributed by atoms with E-state index in [1.54, 1.807) is 19.2 Å². The Hall–Kier alpha value is -2.63. The van der Waals surface area contributed by atoms with Crippen molar-refractivity contribution in [2.24, 2.45) is 0 Å². The van der Waals surface area contributed by atoms with Crippen molar-refractivity contribution in [2.45, 2.75) is 11.4 Å². The lowest BCUT2D eigenvalue weighted by Gasteiger charge is -2.25. The lowest BCUT2D eigenvalue weighted by atomic mass is 10.4. The number of hydrogen-bond acceptors (Lipinski definition) is 7. The Morgan fingerprint density at radius 2 is 2.07 bits per heavy atom. The third kappa shape index (κ3) is 4.61. The van der Waals surface area contributed by atoms with Crippen molar-refractivity contribution in [1.29, 1.82) is 0 Å². The van der Waals surface area contributed by atoms with Gasteiger partial charge in [-0.05, 0) is 18.2 Å². The Balaban J connectivity index is 1.56. The van der Waals surface area contributed by atoms with E-state index in [2.05, 4.69) is 4.98 Å². The van der Waals surface area contributed by atoms with Gasteiger partial charge in [0, 0.05) is 26.3 Å². The molecule has 1 amide bonds. The quantitative estimate of drug-likeness (QED) is 0.656. The van der Waals surface area contributed by atoms with Gasteiger partial charge in [-0.25, -0.2) is 13.2 Å². The molecule has 28 heavy (non-hydrogen) atoms. The van der Waals surface area contributed by atoms with E-state index in [-0.39, 0.29) is 30.2 Å². The highest BCUT2D eigenvalue weighted by atomic mass is 32.2. The molecule has 3 rings (SSSR count). The molecular formula is C17H21N3O7S. The molecule has 0 saturated carbocycles. The summed E-state index contributed by atoms with van der Waals surface area (Å²) in [5.74, 6) is -0.634. The average Bonchev–Trinajstić information content (AvgIpc) is 3.38. The number of sulfonamides is 1. The van der Waals surface area contributed by atoms with Gasteiger partial charge in [-0.1, -0.05) is 0 Å². The molecule has 1 N–H and O–H groups in total. The van der Waals surface area contributed by atoms with E-state index < -0.39 is 28.5 Å². The zero-order valence-corrected chi connectivity index (χ0v) is 16.1. The fourth-order valence-corrected chi connectivity index (χ4v) is 4.02. The van der Waals surface area contributed by atoms with Crippen molar-refractivity contribution in [1.82, 2.24) is 14.2 Å². The topological polar surface area (TPSA) is 122 Å². The molecule has 1 aliphatic heterocycles. The Labute approximate surface area is 162 Å². The minimum Gasteiger partial charge on any atom is -0.467 e. The molecule has 0 aliphatic carbocycles. The number of morpholine rings is 1. The van der Waals surface area contributed by atoms with E-state index in [4.69, 9.17) is 13.9 Å². The summed E-state index contributed by atoms with van der Waals surface area (Å²) in [6.45, 7) is 0.931. The van der Waals surface area contributed by atoms with Gasteiger partial charge in [0.1, 0.15) is 16.3 Å². The third-order valence-electron chi connectivity index (χ3n) is 4.21. The van der Waals surface area contributed by atoms with Gasteiger partial charge >= 0.3 is 5.97 Å². The Morgan fingerprint density at radius 1 is 1.32 bits per heavy atom. The highest BCUT2D eigenvalue weighted by molar-refractivity contribution is 7.89. The number of likely N-dealkylation sites (N-methyl/N-ethyl adjacent to an activating group) is 1. The predicted octanol–water partition coefficient (Wildman–Crippen LogP) is 0.444. The summed E-state index contributed by atoms with van der Waals surface area (Å²) in [4.78, 5) is 28.1. The number of furan rings is 1. The fourth-order valence-electron chi connectivity index (χ4n) is 2.62. The molecule has 1 saturated heterocycles. The number of esters is 1. The van der Waals surface area contributed by atoms with E-state index in [0.29, 0.717) is 19.0 Å². The molecule has 152 valence electrons. The summed E-state index contributed by atoms with van der Waals surface area (Å²) in [6.07, 6.45) is 2.73. The molecule has 1 aliphatic rings. The molecule has 10 nitrogen and oxygen atoms in total. The molecule has 0 radical (unpaired) electrons. The lowest BCUT2D eigenvalue weighted by Crippen LogP contribution is -2.40. The maximum atomic E-state index is 12.6. The molecule has 0 aromatic carbocycles. The maximum Gasteiger partial charge on any atom is 0.355 e.